The number of carbonyl (C=O) groups is 2. The van der Waals surface area contributed by atoms with Crippen LogP contribution in [0.5, 0.6) is 0 Å². The highest BCUT2D eigenvalue weighted by atomic mass is 32.1. The number of fused-ring (bicyclic) bond motifs is 3. The normalized spacial score (nSPS) is 18.8. The zero-order valence-corrected chi connectivity index (χ0v) is 22.3. The van der Waals surface area contributed by atoms with Crippen LogP contribution in [-0.4, -0.2) is 57.6 Å². The molecule has 10 heteroatoms. The van der Waals surface area contributed by atoms with Crippen molar-refractivity contribution in [2.75, 3.05) is 18.0 Å². The van der Waals surface area contributed by atoms with Crippen LogP contribution >= 0.6 is 11.3 Å². The lowest BCUT2D eigenvalue weighted by Gasteiger charge is -2.55. The van der Waals surface area contributed by atoms with E-state index in [0.29, 0.717) is 42.3 Å². The Morgan fingerprint density at radius 3 is 2.58 bits per heavy atom. The number of hydrogen-bond donors (Lipinski definition) is 1. The summed E-state index contributed by atoms with van der Waals surface area (Å²) in [6.45, 7) is 7.21. The van der Waals surface area contributed by atoms with E-state index in [0.717, 1.165) is 22.6 Å². The largest absolute Gasteiger partial charge is 0.444 e. The molecule has 2 bridgehead atoms. The minimum atomic E-state index is -0.537. The van der Waals surface area contributed by atoms with Crippen LogP contribution in [0.3, 0.4) is 0 Å². The molecule has 0 saturated carbocycles. The Kier molecular flexibility index (Phi) is 6.06. The first-order valence-electron chi connectivity index (χ1n) is 12.7. The number of rotatable bonds is 5. The maximum Gasteiger partial charge on any atom is 0.410 e. The summed E-state index contributed by atoms with van der Waals surface area (Å²) < 4.78 is 11.9. The fourth-order valence-corrected chi connectivity index (χ4v) is 5.75. The first-order chi connectivity index (χ1) is 18.3. The molecule has 196 valence electrons. The third-order valence-electron chi connectivity index (χ3n) is 6.80. The van der Waals surface area contributed by atoms with Crippen molar-refractivity contribution in [1.82, 2.24) is 20.2 Å². The van der Waals surface area contributed by atoms with E-state index < -0.39 is 5.60 Å². The number of hydrogen-bond acceptors (Lipinski definition) is 8. The SMILES string of the molecule is CC(C)(C)OC(=O)N1C2CC1CN(c1nc3c(C(=O)NCc4ccccc4)ccc(-c4nccs4)c3o1)C2. The number of piperidine rings is 1. The molecule has 7 rings (SSSR count). The van der Waals surface area contributed by atoms with Crippen LogP contribution in [0, 0.1) is 0 Å². The van der Waals surface area contributed by atoms with Gasteiger partial charge in [0.15, 0.2) is 5.58 Å². The lowest BCUT2D eigenvalue weighted by Crippen LogP contribution is -2.70. The number of nitrogens with zero attached hydrogens (tertiary/aromatic N) is 4. The maximum absolute atomic E-state index is 13.2. The number of carbonyl (C=O) groups excluding carboxylic acids is 2. The topological polar surface area (TPSA) is 101 Å². The number of anilines is 1. The molecular formula is C28H29N5O4S. The number of aromatic nitrogens is 2. The number of benzene rings is 2. The van der Waals surface area contributed by atoms with Gasteiger partial charge in [0.1, 0.15) is 16.1 Å². The van der Waals surface area contributed by atoms with Crippen molar-refractivity contribution in [3.8, 4) is 10.6 Å². The van der Waals surface area contributed by atoms with Gasteiger partial charge in [-0.1, -0.05) is 30.3 Å². The molecule has 2 amide bonds. The van der Waals surface area contributed by atoms with E-state index in [-0.39, 0.29) is 24.1 Å². The van der Waals surface area contributed by atoms with Gasteiger partial charge in [0, 0.05) is 31.2 Å². The van der Waals surface area contributed by atoms with E-state index >= 15 is 0 Å². The molecule has 5 heterocycles. The minimum absolute atomic E-state index is 0.0330. The van der Waals surface area contributed by atoms with Gasteiger partial charge in [0.2, 0.25) is 0 Å². The molecular weight excluding hydrogens is 502 g/mol. The van der Waals surface area contributed by atoms with Crippen molar-refractivity contribution in [2.24, 2.45) is 0 Å². The first-order valence-corrected chi connectivity index (χ1v) is 13.6. The quantitative estimate of drug-likeness (QED) is 0.383. The van der Waals surface area contributed by atoms with Gasteiger partial charge < -0.3 is 19.4 Å². The molecule has 3 aliphatic rings. The summed E-state index contributed by atoms with van der Waals surface area (Å²) in [5.74, 6) is -0.220. The summed E-state index contributed by atoms with van der Waals surface area (Å²) in [5, 5.41) is 5.70. The smallest absolute Gasteiger partial charge is 0.410 e. The second kappa shape index (κ2) is 9.43. The van der Waals surface area contributed by atoms with Gasteiger partial charge in [-0.15, -0.1) is 11.3 Å². The van der Waals surface area contributed by atoms with Crippen LogP contribution in [0.2, 0.25) is 0 Å². The number of thiazole rings is 1. The van der Waals surface area contributed by atoms with Gasteiger partial charge >= 0.3 is 6.09 Å². The van der Waals surface area contributed by atoms with Crippen molar-refractivity contribution < 1.29 is 18.7 Å². The van der Waals surface area contributed by atoms with Crippen molar-refractivity contribution in [3.05, 3.63) is 65.2 Å². The maximum atomic E-state index is 13.2. The standard InChI is InChI=1S/C28H29N5O4S/c1-28(2,3)37-27(35)33-18-13-19(33)16-32(15-18)26-31-22-20(24(34)30-14-17-7-5-4-6-8-17)9-10-21(23(22)36-26)25-29-11-12-38-25/h4-12,18-19H,13-16H2,1-3H3,(H,30,34). The molecule has 0 radical (unpaired) electrons. The number of piperazine rings is 1. The number of ether oxygens (including phenoxy) is 1. The van der Waals surface area contributed by atoms with E-state index in [1.165, 1.54) is 11.3 Å². The molecule has 3 aliphatic heterocycles. The van der Waals surface area contributed by atoms with Gasteiger partial charge in [0.25, 0.3) is 11.9 Å². The monoisotopic (exact) mass is 531 g/mol. The van der Waals surface area contributed by atoms with E-state index in [1.807, 2.05) is 67.4 Å². The molecule has 3 saturated heterocycles. The molecule has 4 aromatic rings. The molecule has 9 nitrogen and oxygen atoms in total. The highest BCUT2D eigenvalue weighted by molar-refractivity contribution is 7.13. The Hall–Kier alpha value is -3.92. The Morgan fingerprint density at radius 1 is 1.13 bits per heavy atom. The molecule has 0 spiro atoms. The van der Waals surface area contributed by atoms with E-state index in [9.17, 15) is 9.59 Å². The summed E-state index contributed by atoms with van der Waals surface area (Å²) in [6.07, 6.45) is 2.39. The van der Waals surface area contributed by atoms with Gasteiger partial charge in [-0.3, -0.25) is 9.69 Å². The molecule has 38 heavy (non-hydrogen) atoms. The Bertz CT molecular complexity index is 1470. The lowest BCUT2D eigenvalue weighted by molar-refractivity contribution is -0.0386. The Morgan fingerprint density at radius 2 is 1.89 bits per heavy atom. The van der Waals surface area contributed by atoms with Crippen LogP contribution in [0.4, 0.5) is 10.8 Å². The van der Waals surface area contributed by atoms with Crippen molar-refractivity contribution in [1.29, 1.82) is 0 Å². The number of oxazole rings is 1. The predicted molar refractivity (Wildman–Crippen MR) is 145 cm³/mol. The van der Waals surface area contributed by atoms with Crippen LogP contribution in [0.1, 0.15) is 43.1 Å². The van der Waals surface area contributed by atoms with Crippen LogP contribution in [-0.2, 0) is 11.3 Å². The lowest BCUT2D eigenvalue weighted by atomic mass is 9.88. The van der Waals surface area contributed by atoms with E-state index in [1.54, 1.807) is 12.3 Å². The minimum Gasteiger partial charge on any atom is -0.444 e. The van der Waals surface area contributed by atoms with Crippen LogP contribution in [0.15, 0.2) is 58.5 Å². The number of amides is 2. The van der Waals surface area contributed by atoms with Gasteiger partial charge in [0.05, 0.1) is 23.2 Å². The van der Waals surface area contributed by atoms with Crippen molar-refractivity contribution >= 4 is 40.5 Å². The average molecular weight is 532 g/mol. The van der Waals surface area contributed by atoms with Crippen LogP contribution < -0.4 is 10.2 Å². The summed E-state index contributed by atoms with van der Waals surface area (Å²) in [6, 6.07) is 13.9. The molecule has 2 aromatic carbocycles. The fourth-order valence-electron chi connectivity index (χ4n) is 5.09. The summed E-state index contributed by atoms with van der Waals surface area (Å²) in [7, 11) is 0. The molecule has 2 unspecified atom stereocenters. The number of nitrogens with one attached hydrogen (secondary N) is 1. The summed E-state index contributed by atoms with van der Waals surface area (Å²) in [5.41, 5.74) is 2.76. The van der Waals surface area contributed by atoms with Gasteiger partial charge in [-0.25, -0.2) is 9.78 Å². The van der Waals surface area contributed by atoms with Crippen molar-refractivity contribution in [2.45, 2.75) is 51.4 Å². The molecule has 3 fully saturated rings. The molecule has 2 atom stereocenters. The Balaban J connectivity index is 1.28. The van der Waals surface area contributed by atoms with E-state index in [2.05, 4.69) is 15.2 Å². The van der Waals surface area contributed by atoms with Crippen LogP contribution in [0.25, 0.3) is 21.7 Å². The van der Waals surface area contributed by atoms with Gasteiger partial charge in [-0.2, -0.15) is 4.98 Å². The van der Waals surface area contributed by atoms with Gasteiger partial charge in [-0.05, 0) is 44.9 Å². The fraction of sp³-hybridized carbons (Fsp3) is 0.357. The second-order valence-electron chi connectivity index (χ2n) is 10.7. The molecule has 1 N–H and O–H groups in total. The molecule has 2 aromatic heterocycles. The third-order valence-corrected chi connectivity index (χ3v) is 7.61. The van der Waals surface area contributed by atoms with Crippen molar-refractivity contribution in [3.63, 3.8) is 0 Å². The summed E-state index contributed by atoms with van der Waals surface area (Å²) in [4.78, 5) is 39.1. The average Bonchev–Trinajstić information content (AvgIpc) is 3.57. The summed E-state index contributed by atoms with van der Waals surface area (Å²) >= 11 is 1.50. The first kappa shape index (κ1) is 24.4. The zero-order valence-electron chi connectivity index (χ0n) is 21.5. The Labute approximate surface area is 224 Å². The highest BCUT2D eigenvalue weighted by Gasteiger charge is 2.49. The zero-order chi connectivity index (χ0) is 26.4. The van der Waals surface area contributed by atoms with E-state index in [4.69, 9.17) is 14.1 Å². The predicted octanol–water partition coefficient (Wildman–Crippen LogP) is 5.08. The molecule has 0 aliphatic carbocycles. The second-order valence-corrected chi connectivity index (χ2v) is 11.6. The highest BCUT2D eigenvalue weighted by Crippen LogP contribution is 2.39. The third kappa shape index (κ3) is 4.60.